The molecule has 28 heavy (non-hydrogen) atoms. The molecule has 0 aliphatic heterocycles. The number of nitrogens with zero attached hydrogens (tertiary/aromatic N) is 5. The highest BCUT2D eigenvalue weighted by Crippen LogP contribution is 2.28. The van der Waals surface area contributed by atoms with Gasteiger partial charge in [0.2, 0.25) is 0 Å². The summed E-state index contributed by atoms with van der Waals surface area (Å²) in [5, 5.41) is 5.87. The predicted molar refractivity (Wildman–Crippen MR) is 109 cm³/mol. The number of para-hydroxylation sites is 1. The molecular formula is C22H19N5O. The van der Waals surface area contributed by atoms with Crippen molar-refractivity contribution in [2.24, 2.45) is 0 Å². The molecule has 0 saturated heterocycles. The zero-order valence-corrected chi connectivity index (χ0v) is 15.5. The van der Waals surface area contributed by atoms with Gasteiger partial charge in [0.1, 0.15) is 17.1 Å². The lowest BCUT2D eigenvalue weighted by Gasteiger charge is -2.18. The van der Waals surface area contributed by atoms with E-state index in [0.29, 0.717) is 0 Å². The van der Waals surface area contributed by atoms with Gasteiger partial charge < -0.3 is 9.32 Å². The number of hydrogen-bond donors (Lipinski definition) is 0. The van der Waals surface area contributed by atoms with Crippen molar-refractivity contribution in [1.82, 2.24) is 19.6 Å². The Hall–Kier alpha value is -3.67. The maximum absolute atomic E-state index is 6.00. The van der Waals surface area contributed by atoms with Crippen molar-refractivity contribution in [3.8, 4) is 11.5 Å². The Kier molecular flexibility index (Phi) is 4.01. The molecule has 6 nitrogen and oxygen atoms in total. The summed E-state index contributed by atoms with van der Waals surface area (Å²) >= 11 is 0. The van der Waals surface area contributed by atoms with E-state index in [9.17, 15) is 0 Å². The minimum Gasteiger partial charge on any atom is -0.454 e. The highest BCUT2D eigenvalue weighted by atomic mass is 16.3. The molecule has 0 amide bonds. The fourth-order valence-corrected chi connectivity index (χ4v) is 3.30. The van der Waals surface area contributed by atoms with E-state index in [1.807, 2.05) is 66.3 Å². The SMILES string of the molecule is CN(CCc1cccnc1)c1ccc2ncc(-c3cc4ccccc4o3)n2n1. The second kappa shape index (κ2) is 6.81. The number of likely N-dealkylation sites (N-methyl/N-ethyl adjacent to an activating group) is 1. The molecular weight excluding hydrogens is 350 g/mol. The molecule has 0 fully saturated rings. The number of fused-ring (bicyclic) bond motifs is 2. The van der Waals surface area contributed by atoms with Gasteiger partial charge in [0.15, 0.2) is 11.4 Å². The largest absolute Gasteiger partial charge is 0.454 e. The van der Waals surface area contributed by atoms with Crippen molar-refractivity contribution in [2.75, 3.05) is 18.5 Å². The summed E-state index contributed by atoms with van der Waals surface area (Å²) in [5.74, 6) is 1.64. The fraction of sp³-hybridized carbons (Fsp3) is 0.136. The minimum atomic E-state index is 0.761. The molecule has 4 aromatic heterocycles. The van der Waals surface area contributed by atoms with E-state index in [2.05, 4.69) is 20.9 Å². The molecule has 0 bridgehead atoms. The topological polar surface area (TPSA) is 59.5 Å². The quantitative estimate of drug-likeness (QED) is 0.464. The van der Waals surface area contributed by atoms with Crippen molar-refractivity contribution < 1.29 is 4.42 Å². The van der Waals surface area contributed by atoms with Gasteiger partial charge in [0.05, 0.1) is 6.20 Å². The first-order valence-electron chi connectivity index (χ1n) is 9.22. The van der Waals surface area contributed by atoms with Crippen LogP contribution in [0.25, 0.3) is 28.1 Å². The number of benzene rings is 1. The number of furan rings is 1. The average Bonchev–Trinajstić information content (AvgIpc) is 3.35. The summed E-state index contributed by atoms with van der Waals surface area (Å²) in [5.41, 5.74) is 3.70. The minimum absolute atomic E-state index is 0.761. The Balaban J connectivity index is 1.46. The number of imidazole rings is 1. The normalized spacial score (nSPS) is 11.3. The number of pyridine rings is 1. The van der Waals surface area contributed by atoms with Crippen LogP contribution in [0, 0.1) is 0 Å². The molecule has 4 heterocycles. The van der Waals surface area contributed by atoms with Gasteiger partial charge in [0.25, 0.3) is 0 Å². The van der Waals surface area contributed by atoms with Crippen LogP contribution in [0.4, 0.5) is 5.82 Å². The maximum atomic E-state index is 6.00. The maximum Gasteiger partial charge on any atom is 0.155 e. The van der Waals surface area contributed by atoms with Crippen molar-refractivity contribution in [3.63, 3.8) is 0 Å². The summed E-state index contributed by atoms with van der Waals surface area (Å²) in [6.45, 7) is 0.846. The van der Waals surface area contributed by atoms with E-state index in [0.717, 1.165) is 46.9 Å². The molecule has 0 radical (unpaired) electrons. The highest BCUT2D eigenvalue weighted by molar-refractivity contribution is 5.82. The lowest BCUT2D eigenvalue weighted by molar-refractivity contribution is 0.625. The van der Waals surface area contributed by atoms with Crippen LogP contribution < -0.4 is 4.90 Å². The predicted octanol–water partition coefficient (Wildman–Crippen LogP) is 4.22. The van der Waals surface area contributed by atoms with Gasteiger partial charge in [-0.15, -0.1) is 5.10 Å². The molecule has 0 unspecified atom stereocenters. The Morgan fingerprint density at radius 3 is 2.82 bits per heavy atom. The molecule has 0 aliphatic rings. The number of hydrogen-bond acceptors (Lipinski definition) is 5. The Labute approximate surface area is 162 Å². The van der Waals surface area contributed by atoms with Gasteiger partial charge in [-0.25, -0.2) is 9.50 Å². The molecule has 0 saturated carbocycles. The molecule has 6 heteroatoms. The lowest BCUT2D eigenvalue weighted by Crippen LogP contribution is -2.22. The first-order valence-corrected chi connectivity index (χ1v) is 9.22. The molecule has 1 aromatic carbocycles. The first-order chi connectivity index (χ1) is 13.8. The van der Waals surface area contributed by atoms with Crippen LogP contribution in [0.5, 0.6) is 0 Å². The van der Waals surface area contributed by atoms with Crippen LogP contribution in [0.2, 0.25) is 0 Å². The summed E-state index contributed by atoms with van der Waals surface area (Å²) < 4.78 is 7.85. The molecule has 5 aromatic rings. The third-order valence-electron chi connectivity index (χ3n) is 4.88. The molecule has 0 N–H and O–H groups in total. The van der Waals surface area contributed by atoms with Crippen LogP contribution in [-0.4, -0.2) is 33.2 Å². The summed E-state index contributed by atoms with van der Waals surface area (Å²) in [7, 11) is 2.04. The summed E-state index contributed by atoms with van der Waals surface area (Å²) in [6.07, 6.45) is 6.41. The Bertz CT molecular complexity index is 1210. The van der Waals surface area contributed by atoms with E-state index in [1.165, 1.54) is 5.56 Å². The molecule has 138 valence electrons. The smallest absolute Gasteiger partial charge is 0.155 e. The van der Waals surface area contributed by atoms with Gasteiger partial charge >= 0.3 is 0 Å². The second-order valence-corrected chi connectivity index (χ2v) is 6.79. The van der Waals surface area contributed by atoms with Crippen LogP contribution in [-0.2, 0) is 6.42 Å². The standard InChI is InChI=1S/C22H19N5O/c1-26(12-10-16-5-4-11-23-14-16)22-9-8-21-24-15-18(27(21)25-22)20-13-17-6-2-3-7-19(17)28-20/h2-9,11,13-15H,10,12H2,1H3. The Morgan fingerprint density at radius 1 is 1.04 bits per heavy atom. The summed E-state index contributed by atoms with van der Waals surface area (Å²) in [6, 6.07) is 18.0. The second-order valence-electron chi connectivity index (χ2n) is 6.79. The van der Waals surface area contributed by atoms with Crippen molar-refractivity contribution >= 4 is 22.4 Å². The van der Waals surface area contributed by atoms with E-state index < -0.39 is 0 Å². The molecule has 0 aliphatic carbocycles. The first kappa shape index (κ1) is 16.5. The summed E-state index contributed by atoms with van der Waals surface area (Å²) in [4.78, 5) is 10.8. The number of rotatable bonds is 5. The molecule has 0 spiro atoms. The zero-order valence-electron chi connectivity index (χ0n) is 15.5. The van der Waals surface area contributed by atoms with E-state index in [4.69, 9.17) is 9.52 Å². The molecule has 0 atom stereocenters. The van der Waals surface area contributed by atoms with Crippen molar-refractivity contribution in [2.45, 2.75) is 6.42 Å². The van der Waals surface area contributed by atoms with Gasteiger partial charge in [-0.2, -0.15) is 0 Å². The monoisotopic (exact) mass is 369 g/mol. The number of aromatic nitrogens is 4. The van der Waals surface area contributed by atoms with E-state index >= 15 is 0 Å². The van der Waals surface area contributed by atoms with Crippen LogP contribution in [0.3, 0.4) is 0 Å². The third kappa shape index (κ3) is 2.99. The lowest BCUT2D eigenvalue weighted by atomic mass is 10.2. The molecule has 5 rings (SSSR count). The van der Waals surface area contributed by atoms with Gasteiger partial charge in [0, 0.05) is 31.4 Å². The van der Waals surface area contributed by atoms with Gasteiger partial charge in [-0.05, 0) is 42.3 Å². The van der Waals surface area contributed by atoms with E-state index in [-0.39, 0.29) is 0 Å². The van der Waals surface area contributed by atoms with Crippen LogP contribution >= 0.6 is 0 Å². The van der Waals surface area contributed by atoms with Crippen molar-refractivity contribution in [1.29, 1.82) is 0 Å². The zero-order chi connectivity index (χ0) is 18.9. The van der Waals surface area contributed by atoms with Crippen LogP contribution in [0.15, 0.2) is 77.6 Å². The van der Waals surface area contributed by atoms with E-state index in [1.54, 1.807) is 12.4 Å². The van der Waals surface area contributed by atoms with Gasteiger partial charge in [-0.1, -0.05) is 24.3 Å². The fourth-order valence-electron chi connectivity index (χ4n) is 3.30. The number of anilines is 1. The third-order valence-corrected chi connectivity index (χ3v) is 4.88. The highest BCUT2D eigenvalue weighted by Gasteiger charge is 2.14. The van der Waals surface area contributed by atoms with Gasteiger partial charge in [-0.3, -0.25) is 4.98 Å². The Morgan fingerprint density at radius 2 is 1.96 bits per heavy atom. The van der Waals surface area contributed by atoms with Crippen LogP contribution in [0.1, 0.15) is 5.56 Å². The average molecular weight is 369 g/mol. The van der Waals surface area contributed by atoms with Crippen molar-refractivity contribution in [3.05, 3.63) is 78.8 Å².